The topological polar surface area (TPSA) is 43.6 Å². The number of hydrogen-bond acceptors (Lipinski definition) is 3. The zero-order valence-electron chi connectivity index (χ0n) is 34.9. The molecular weight excluding hydrogens is 741 g/mol. The summed E-state index contributed by atoms with van der Waals surface area (Å²) in [5.41, 5.74) is 9.74. The van der Waals surface area contributed by atoms with Crippen molar-refractivity contribution >= 4 is 64.9 Å². The van der Waals surface area contributed by atoms with Gasteiger partial charge in [0.1, 0.15) is 0 Å². The van der Waals surface area contributed by atoms with Gasteiger partial charge in [-0.25, -0.2) is 15.0 Å². The van der Waals surface area contributed by atoms with Crippen LogP contribution < -0.4 is 0 Å². The molecule has 0 bridgehead atoms. The summed E-state index contributed by atoms with van der Waals surface area (Å²) in [7, 11) is 0. The van der Waals surface area contributed by atoms with Crippen molar-refractivity contribution in [3.63, 3.8) is 0 Å². The Balaban J connectivity index is 1.01. The molecule has 0 aliphatic heterocycles. The Morgan fingerprint density at radius 2 is 0.836 bits per heavy atom. The zero-order chi connectivity index (χ0) is 41.0. The fourth-order valence-corrected chi connectivity index (χ4v) is 10.1. The molecule has 0 spiro atoms. The Morgan fingerprint density at radius 1 is 0.361 bits per heavy atom. The van der Waals surface area contributed by atoms with Crippen LogP contribution in [-0.2, 0) is 10.8 Å². The fraction of sp³-hybridized carbons (Fsp3) is 0.140. The molecule has 2 heterocycles. The van der Waals surface area contributed by atoms with Gasteiger partial charge in [0.2, 0.25) is 0 Å². The van der Waals surface area contributed by atoms with E-state index in [1.165, 1.54) is 72.7 Å². The van der Waals surface area contributed by atoms with E-state index in [9.17, 15) is 0 Å². The van der Waals surface area contributed by atoms with Crippen molar-refractivity contribution in [3.8, 4) is 39.9 Å². The average molecular weight is 785 g/mol. The van der Waals surface area contributed by atoms with Crippen LogP contribution in [0.15, 0.2) is 170 Å². The van der Waals surface area contributed by atoms with Gasteiger partial charge >= 0.3 is 0 Å². The Labute approximate surface area is 355 Å². The number of nitrogens with zero attached hydrogens (tertiary/aromatic N) is 4. The molecule has 0 N–H and O–H groups in total. The van der Waals surface area contributed by atoms with Crippen molar-refractivity contribution in [2.75, 3.05) is 0 Å². The van der Waals surface area contributed by atoms with Gasteiger partial charge in [0, 0.05) is 33.2 Å². The lowest BCUT2D eigenvalue weighted by Crippen LogP contribution is -2.33. The quantitative estimate of drug-likeness (QED) is 0.167. The van der Waals surface area contributed by atoms with Crippen LogP contribution in [0.1, 0.15) is 51.7 Å². The maximum absolute atomic E-state index is 5.21. The molecular formula is C57H44N4. The average Bonchev–Trinajstić information content (AvgIpc) is 3.63. The van der Waals surface area contributed by atoms with Crippen molar-refractivity contribution < 1.29 is 0 Å². The highest BCUT2D eigenvalue weighted by atomic mass is 15.0. The summed E-state index contributed by atoms with van der Waals surface area (Å²) in [6.45, 7) is 9.65. The number of fused-ring (bicyclic) bond motifs is 9. The summed E-state index contributed by atoms with van der Waals surface area (Å²) < 4.78 is 2.47. The monoisotopic (exact) mass is 784 g/mol. The van der Waals surface area contributed by atoms with Gasteiger partial charge in [-0.15, -0.1) is 0 Å². The van der Waals surface area contributed by atoms with E-state index in [1.807, 2.05) is 0 Å². The first-order chi connectivity index (χ1) is 29.7. The van der Waals surface area contributed by atoms with E-state index in [0.717, 1.165) is 38.5 Å². The molecule has 1 aliphatic rings. The van der Waals surface area contributed by atoms with E-state index in [-0.39, 0.29) is 10.8 Å². The van der Waals surface area contributed by atoms with Crippen LogP contribution in [0.2, 0.25) is 0 Å². The largest absolute Gasteiger partial charge is 0.309 e. The van der Waals surface area contributed by atoms with Crippen molar-refractivity contribution in [1.29, 1.82) is 0 Å². The Morgan fingerprint density at radius 3 is 1.54 bits per heavy atom. The van der Waals surface area contributed by atoms with Crippen molar-refractivity contribution in [2.24, 2.45) is 0 Å². The van der Waals surface area contributed by atoms with Crippen LogP contribution in [0.4, 0.5) is 0 Å². The first-order valence-corrected chi connectivity index (χ1v) is 21.5. The van der Waals surface area contributed by atoms with Gasteiger partial charge in [-0.3, -0.25) is 0 Å². The van der Waals surface area contributed by atoms with Crippen LogP contribution in [0.3, 0.4) is 0 Å². The molecule has 4 nitrogen and oxygen atoms in total. The molecule has 292 valence electrons. The van der Waals surface area contributed by atoms with E-state index in [0.29, 0.717) is 17.5 Å². The lowest BCUT2D eigenvalue weighted by Gasteiger charge is -2.42. The lowest BCUT2D eigenvalue weighted by atomic mass is 9.63. The van der Waals surface area contributed by atoms with Gasteiger partial charge in [-0.05, 0) is 126 Å². The molecule has 0 unspecified atom stereocenters. The third-order valence-corrected chi connectivity index (χ3v) is 13.6. The van der Waals surface area contributed by atoms with Gasteiger partial charge in [0.25, 0.3) is 0 Å². The maximum atomic E-state index is 5.21. The van der Waals surface area contributed by atoms with Gasteiger partial charge in [-0.2, -0.15) is 0 Å². The van der Waals surface area contributed by atoms with Crippen LogP contribution >= 0.6 is 0 Å². The van der Waals surface area contributed by atoms with E-state index in [1.54, 1.807) is 0 Å². The minimum absolute atomic E-state index is 0.117. The van der Waals surface area contributed by atoms with Crippen LogP contribution in [0, 0.1) is 0 Å². The predicted molar refractivity (Wildman–Crippen MR) is 256 cm³/mol. The second-order valence-electron chi connectivity index (χ2n) is 18.4. The van der Waals surface area contributed by atoms with Crippen LogP contribution in [-0.4, -0.2) is 19.5 Å². The molecule has 12 rings (SSSR count). The number of rotatable bonds is 4. The van der Waals surface area contributed by atoms with Crippen molar-refractivity contribution in [1.82, 2.24) is 19.5 Å². The first kappa shape index (κ1) is 35.7. The second-order valence-corrected chi connectivity index (χ2v) is 18.4. The Bertz CT molecular complexity index is 3610. The highest BCUT2D eigenvalue weighted by Crippen LogP contribution is 2.48. The van der Waals surface area contributed by atoms with Crippen LogP contribution in [0.25, 0.3) is 105 Å². The molecule has 4 heteroatoms. The van der Waals surface area contributed by atoms with E-state index in [2.05, 4.69) is 202 Å². The third kappa shape index (κ3) is 5.77. The summed E-state index contributed by atoms with van der Waals surface area (Å²) in [6, 6.07) is 61.7. The van der Waals surface area contributed by atoms with Gasteiger partial charge in [-0.1, -0.05) is 149 Å². The van der Waals surface area contributed by atoms with E-state index in [4.69, 9.17) is 15.0 Å². The zero-order valence-corrected chi connectivity index (χ0v) is 34.9. The molecule has 0 radical (unpaired) electrons. The highest BCUT2D eigenvalue weighted by molar-refractivity contribution is 6.11. The normalized spacial score (nSPS) is 14.7. The summed E-state index contributed by atoms with van der Waals surface area (Å²) in [5, 5.41) is 12.0. The molecule has 0 fully saturated rings. The third-order valence-electron chi connectivity index (χ3n) is 13.6. The SMILES string of the molecule is CC1(C)CCC(C)(C)c2cc3c(cc21)c1ccccc1n3-c1ccc2cc(-c3nc(-c4ccc5ccccc5c4)nc(-c4ccc5ccc6ccccc6c5c4)n3)ccc2c1. The molecule has 1 aliphatic carbocycles. The van der Waals surface area contributed by atoms with E-state index >= 15 is 0 Å². The first-order valence-electron chi connectivity index (χ1n) is 21.5. The number of para-hydroxylation sites is 1. The summed E-state index contributed by atoms with van der Waals surface area (Å²) >= 11 is 0. The Hall–Kier alpha value is -7.17. The lowest BCUT2D eigenvalue weighted by molar-refractivity contribution is 0.332. The van der Waals surface area contributed by atoms with Gasteiger partial charge in [0.15, 0.2) is 17.5 Å². The second kappa shape index (κ2) is 13.2. The highest BCUT2D eigenvalue weighted by Gasteiger charge is 2.38. The molecule has 0 saturated heterocycles. The smallest absolute Gasteiger partial charge is 0.164 e. The van der Waals surface area contributed by atoms with Gasteiger partial charge in [0.05, 0.1) is 11.0 Å². The minimum atomic E-state index is 0.117. The standard InChI is InChI=1S/C57H44N4/c1-56(2)27-28-57(3,4)50-34-52-48(33-49(50)56)46-15-9-10-16-51(46)61(52)44-26-25-39-30-42(24-21-40(39)31-44)54-58-53(41-22-17-35-11-5-6-13-38(35)29-41)59-55(60-54)43-23-20-37-19-18-36-12-7-8-14-45(36)47(37)32-43/h5-26,29-34H,27-28H2,1-4H3. The van der Waals surface area contributed by atoms with Crippen molar-refractivity contribution in [3.05, 3.63) is 181 Å². The Kier molecular flexibility index (Phi) is 7.71. The molecule has 0 amide bonds. The molecule has 2 aromatic heterocycles. The number of benzene rings is 9. The predicted octanol–water partition coefficient (Wildman–Crippen LogP) is 14.9. The number of aromatic nitrogens is 4. The van der Waals surface area contributed by atoms with Crippen LogP contribution in [0.5, 0.6) is 0 Å². The van der Waals surface area contributed by atoms with Crippen molar-refractivity contribution in [2.45, 2.75) is 51.4 Å². The summed E-state index contributed by atoms with van der Waals surface area (Å²) in [6.07, 6.45) is 2.38. The maximum Gasteiger partial charge on any atom is 0.164 e. The molecule has 9 aromatic carbocycles. The summed E-state index contributed by atoms with van der Waals surface area (Å²) in [5.74, 6) is 1.95. The van der Waals surface area contributed by atoms with E-state index < -0.39 is 0 Å². The fourth-order valence-electron chi connectivity index (χ4n) is 10.1. The number of hydrogen-bond donors (Lipinski definition) is 0. The van der Waals surface area contributed by atoms with Gasteiger partial charge < -0.3 is 4.57 Å². The molecule has 61 heavy (non-hydrogen) atoms. The minimum Gasteiger partial charge on any atom is -0.309 e. The molecule has 11 aromatic rings. The molecule has 0 saturated carbocycles. The molecule has 0 atom stereocenters. The summed E-state index contributed by atoms with van der Waals surface area (Å²) in [4.78, 5) is 15.6.